The summed E-state index contributed by atoms with van der Waals surface area (Å²) in [6.07, 6.45) is 3.61. The third-order valence-electron chi connectivity index (χ3n) is 3.61. The van der Waals surface area contributed by atoms with E-state index in [1.54, 1.807) is 6.92 Å². The number of benzene rings is 1. The summed E-state index contributed by atoms with van der Waals surface area (Å²) < 4.78 is 40.0. The number of hydrogen-bond donors (Lipinski definition) is 1. The van der Waals surface area contributed by atoms with E-state index in [-0.39, 0.29) is 4.90 Å². The molecule has 0 radical (unpaired) electrons. The Morgan fingerprint density at radius 1 is 1.25 bits per heavy atom. The fourth-order valence-corrected chi connectivity index (χ4v) is 3.74. The van der Waals surface area contributed by atoms with Crippen molar-refractivity contribution in [2.75, 3.05) is 26.2 Å². The van der Waals surface area contributed by atoms with E-state index in [0.717, 1.165) is 19.2 Å². The van der Waals surface area contributed by atoms with E-state index in [4.69, 9.17) is 0 Å². The summed E-state index contributed by atoms with van der Waals surface area (Å²) in [5.41, 5.74) is 0.553. The molecule has 0 spiro atoms. The third-order valence-corrected chi connectivity index (χ3v) is 5.21. The highest BCUT2D eigenvalue weighted by molar-refractivity contribution is 7.89. The highest BCUT2D eigenvalue weighted by atomic mass is 32.2. The van der Waals surface area contributed by atoms with Gasteiger partial charge in [-0.2, -0.15) is 0 Å². The van der Waals surface area contributed by atoms with Gasteiger partial charge in [-0.1, -0.05) is 12.5 Å². The van der Waals surface area contributed by atoms with Crippen LogP contribution in [0.25, 0.3) is 0 Å². The smallest absolute Gasteiger partial charge is 0.240 e. The monoisotopic (exact) mass is 300 g/mol. The molecule has 20 heavy (non-hydrogen) atoms. The Kier molecular flexibility index (Phi) is 5.12. The van der Waals surface area contributed by atoms with E-state index >= 15 is 0 Å². The van der Waals surface area contributed by atoms with Gasteiger partial charge in [0, 0.05) is 13.1 Å². The van der Waals surface area contributed by atoms with Gasteiger partial charge in [-0.15, -0.1) is 0 Å². The predicted molar refractivity (Wildman–Crippen MR) is 76.6 cm³/mol. The van der Waals surface area contributed by atoms with Crippen LogP contribution in [-0.4, -0.2) is 39.5 Å². The van der Waals surface area contributed by atoms with Crippen molar-refractivity contribution in [1.82, 2.24) is 9.62 Å². The van der Waals surface area contributed by atoms with Crippen molar-refractivity contribution in [3.8, 4) is 0 Å². The first-order chi connectivity index (χ1) is 9.49. The number of sulfonamides is 1. The number of nitrogens with one attached hydrogen (secondary N) is 1. The molecule has 1 aromatic carbocycles. The summed E-state index contributed by atoms with van der Waals surface area (Å²) in [7, 11) is -3.63. The molecule has 1 N–H and O–H groups in total. The summed E-state index contributed by atoms with van der Waals surface area (Å²) in [5.74, 6) is -0.535. The number of hydrogen-bond acceptors (Lipinski definition) is 3. The van der Waals surface area contributed by atoms with E-state index in [2.05, 4.69) is 9.62 Å². The zero-order valence-corrected chi connectivity index (χ0v) is 12.5. The molecule has 0 atom stereocenters. The zero-order valence-electron chi connectivity index (χ0n) is 11.7. The second kappa shape index (κ2) is 6.65. The lowest BCUT2D eigenvalue weighted by Gasteiger charge is -2.26. The summed E-state index contributed by atoms with van der Waals surface area (Å²) in [6, 6.07) is 3.81. The van der Waals surface area contributed by atoms with Crippen LogP contribution in [0.5, 0.6) is 0 Å². The second-order valence-electron chi connectivity index (χ2n) is 5.21. The molecule has 1 aliphatic rings. The summed E-state index contributed by atoms with van der Waals surface area (Å²) >= 11 is 0. The van der Waals surface area contributed by atoms with E-state index in [9.17, 15) is 12.8 Å². The Morgan fingerprint density at radius 2 is 1.95 bits per heavy atom. The van der Waals surface area contributed by atoms with Crippen molar-refractivity contribution in [3.05, 3.63) is 29.6 Å². The van der Waals surface area contributed by atoms with Crippen LogP contribution < -0.4 is 4.72 Å². The SMILES string of the molecule is Cc1ccc(F)cc1S(=O)(=O)NCCN1CCCCC1. The van der Waals surface area contributed by atoms with E-state index < -0.39 is 15.8 Å². The molecule has 0 aliphatic carbocycles. The Labute approximate surface area is 120 Å². The van der Waals surface area contributed by atoms with Crippen molar-refractivity contribution in [1.29, 1.82) is 0 Å². The van der Waals surface area contributed by atoms with Crippen molar-refractivity contribution < 1.29 is 12.8 Å². The average molecular weight is 300 g/mol. The van der Waals surface area contributed by atoms with Crippen LogP contribution in [0.15, 0.2) is 23.1 Å². The van der Waals surface area contributed by atoms with Crippen LogP contribution in [-0.2, 0) is 10.0 Å². The normalized spacial score (nSPS) is 17.3. The fraction of sp³-hybridized carbons (Fsp3) is 0.571. The van der Waals surface area contributed by atoms with E-state index in [1.807, 2.05) is 0 Å². The Balaban J connectivity index is 1.95. The van der Waals surface area contributed by atoms with Crippen LogP contribution in [0.4, 0.5) is 4.39 Å². The molecule has 1 aromatic rings. The number of rotatable bonds is 5. The van der Waals surface area contributed by atoms with Gasteiger partial charge < -0.3 is 4.90 Å². The van der Waals surface area contributed by atoms with Gasteiger partial charge in [0.25, 0.3) is 0 Å². The van der Waals surface area contributed by atoms with Crippen molar-refractivity contribution >= 4 is 10.0 Å². The van der Waals surface area contributed by atoms with Crippen LogP contribution in [0, 0.1) is 12.7 Å². The molecule has 4 nitrogen and oxygen atoms in total. The summed E-state index contributed by atoms with van der Waals surface area (Å²) in [5, 5.41) is 0. The molecule has 0 unspecified atom stereocenters. The lowest BCUT2D eigenvalue weighted by Crippen LogP contribution is -2.37. The molecule has 2 rings (SSSR count). The van der Waals surface area contributed by atoms with Crippen molar-refractivity contribution in [2.45, 2.75) is 31.1 Å². The van der Waals surface area contributed by atoms with Gasteiger partial charge in [-0.3, -0.25) is 0 Å². The van der Waals surface area contributed by atoms with Crippen LogP contribution >= 0.6 is 0 Å². The standard InChI is InChI=1S/C14H21FN2O2S/c1-12-5-6-13(15)11-14(12)20(18,19)16-7-10-17-8-3-2-4-9-17/h5-6,11,16H,2-4,7-10H2,1H3. The Hall–Kier alpha value is -0.980. The van der Waals surface area contributed by atoms with Crippen LogP contribution in [0.1, 0.15) is 24.8 Å². The second-order valence-corrected chi connectivity index (χ2v) is 6.95. The minimum Gasteiger partial charge on any atom is -0.302 e. The maximum Gasteiger partial charge on any atom is 0.240 e. The summed E-state index contributed by atoms with van der Waals surface area (Å²) in [4.78, 5) is 2.28. The average Bonchev–Trinajstić information content (AvgIpc) is 2.42. The largest absolute Gasteiger partial charge is 0.302 e. The predicted octanol–water partition coefficient (Wildman–Crippen LogP) is 1.90. The van der Waals surface area contributed by atoms with Gasteiger partial charge in [0.1, 0.15) is 5.82 Å². The maximum absolute atomic E-state index is 13.2. The maximum atomic E-state index is 13.2. The minimum absolute atomic E-state index is 0.0242. The van der Waals surface area contributed by atoms with Gasteiger partial charge in [-0.05, 0) is 50.6 Å². The fourth-order valence-electron chi connectivity index (χ4n) is 2.46. The molecule has 1 heterocycles. The molecule has 0 amide bonds. The molecule has 0 aromatic heterocycles. The van der Waals surface area contributed by atoms with Gasteiger partial charge in [0.05, 0.1) is 4.90 Å². The first-order valence-corrected chi connectivity index (χ1v) is 8.45. The van der Waals surface area contributed by atoms with Crippen LogP contribution in [0.2, 0.25) is 0 Å². The number of likely N-dealkylation sites (tertiary alicyclic amines) is 1. The van der Waals surface area contributed by atoms with Gasteiger partial charge >= 0.3 is 0 Å². The highest BCUT2D eigenvalue weighted by Crippen LogP contribution is 2.16. The lowest BCUT2D eigenvalue weighted by atomic mass is 10.1. The van der Waals surface area contributed by atoms with E-state index in [0.29, 0.717) is 18.7 Å². The minimum atomic E-state index is -3.63. The Bertz CT molecular complexity index is 554. The number of nitrogens with zero attached hydrogens (tertiary/aromatic N) is 1. The molecule has 1 aliphatic heterocycles. The molecule has 6 heteroatoms. The number of piperidine rings is 1. The number of aryl methyl sites for hydroxylation is 1. The first kappa shape index (κ1) is 15.4. The van der Waals surface area contributed by atoms with Crippen molar-refractivity contribution in [2.24, 2.45) is 0 Å². The van der Waals surface area contributed by atoms with Gasteiger partial charge in [-0.25, -0.2) is 17.5 Å². The van der Waals surface area contributed by atoms with Crippen molar-refractivity contribution in [3.63, 3.8) is 0 Å². The quantitative estimate of drug-likeness (QED) is 0.903. The summed E-state index contributed by atoms with van der Waals surface area (Å²) in [6.45, 7) is 4.78. The molecular formula is C14H21FN2O2S. The molecule has 112 valence electrons. The van der Waals surface area contributed by atoms with Gasteiger partial charge in [0.2, 0.25) is 10.0 Å². The Morgan fingerprint density at radius 3 is 2.65 bits per heavy atom. The number of halogens is 1. The van der Waals surface area contributed by atoms with Crippen LogP contribution in [0.3, 0.4) is 0 Å². The van der Waals surface area contributed by atoms with E-state index in [1.165, 1.54) is 31.4 Å². The lowest BCUT2D eigenvalue weighted by molar-refractivity contribution is 0.233. The highest BCUT2D eigenvalue weighted by Gasteiger charge is 2.18. The molecule has 0 saturated carbocycles. The zero-order chi connectivity index (χ0) is 14.6. The third kappa shape index (κ3) is 4.01. The first-order valence-electron chi connectivity index (χ1n) is 6.97. The topological polar surface area (TPSA) is 49.4 Å². The van der Waals surface area contributed by atoms with Gasteiger partial charge in [0.15, 0.2) is 0 Å². The molecular weight excluding hydrogens is 279 g/mol. The molecule has 1 saturated heterocycles. The molecule has 1 fully saturated rings. The molecule has 0 bridgehead atoms.